The zero-order chi connectivity index (χ0) is 14.5. The standard InChI is InChI=1S/C18H21NO2/c20-17-12-6-4-10-15(17)19-16-11-5-7-13-18(16)21-14-8-2-1-3-9-14/h1-3,5,7-9,11,13,15,17,19-20H,4,6,10,12H2. The molecule has 1 fully saturated rings. The molecule has 0 saturated heterocycles. The lowest BCUT2D eigenvalue weighted by atomic mass is 9.92. The molecule has 3 heteroatoms. The molecule has 2 N–H and O–H groups in total. The Bertz CT molecular complexity index is 570. The Morgan fingerprint density at radius 1 is 0.905 bits per heavy atom. The van der Waals surface area contributed by atoms with Gasteiger partial charge in [0, 0.05) is 0 Å². The van der Waals surface area contributed by atoms with Gasteiger partial charge in [-0.15, -0.1) is 0 Å². The van der Waals surface area contributed by atoms with E-state index < -0.39 is 0 Å². The molecule has 1 saturated carbocycles. The van der Waals surface area contributed by atoms with Crippen LogP contribution in [0.25, 0.3) is 0 Å². The second-order valence-corrected chi connectivity index (χ2v) is 5.51. The first-order chi connectivity index (χ1) is 10.3. The summed E-state index contributed by atoms with van der Waals surface area (Å²) in [6.07, 6.45) is 3.88. The van der Waals surface area contributed by atoms with Gasteiger partial charge >= 0.3 is 0 Å². The molecule has 2 aromatic rings. The quantitative estimate of drug-likeness (QED) is 0.884. The van der Waals surface area contributed by atoms with Crippen molar-refractivity contribution < 1.29 is 9.84 Å². The monoisotopic (exact) mass is 283 g/mol. The molecule has 0 bridgehead atoms. The Morgan fingerprint density at radius 2 is 1.62 bits per heavy atom. The van der Waals surface area contributed by atoms with Crippen LogP contribution in [0.2, 0.25) is 0 Å². The van der Waals surface area contributed by atoms with Gasteiger partial charge in [-0.1, -0.05) is 43.2 Å². The average molecular weight is 283 g/mol. The van der Waals surface area contributed by atoms with Gasteiger partial charge in [0.15, 0.2) is 5.75 Å². The first-order valence-corrected chi connectivity index (χ1v) is 7.59. The van der Waals surface area contributed by atoms with Crippen LogP contribution in [0, 0.1) is 0 Å². The molecule has 0 spiro atoms. The number of nitrogens with one attached hydrogen (secondary N) is 1. The first kappa shape index (κ1) is 14.0. The van der Waals surface area contributed by atoms with Crippen LogP contribution in [-0.4, -0.2) is 17.3 Å². The molecule has 3 nitrogen and oxygen atoms in total. The fraction of sp³-hybridized carbons (Fsp3) is 0.333. The summed E-state index contributed by atoms with van der Waals surface area (Å²) < 4.78 is 5.94. The normalized spacial score (nSPS) is 21.8. The Kier molecular flexibility index (Phi) is 4.41. The van der Waals surface area contributed by atoms with Crippen LogP contribution in [0.1, 0.15) is 25.7 Å². The van der Waals surface area contributed by atoms with Crippen LogP contribution in [-0.2, 0) is 0 Å². The van der Waals surface area contributed by atoms with Crippen molar-refractivity contribution in [2.45, 2.75) is 37.8 Å². The molecule has 21 heavy (non-hydrogen) atoms. The molecular formula is C18H21NO2. The first-order valence-electron chi connectivity index (χ1n) is 7.59. The third-order valence-electron chi connectivity index (χ3n) is 3.93. The summed E-state index contributed by atoms with van der Waals surface area (Å²) in [6.45, 7) is 0. The summed E-state index contributed by atoms with van der Waals surface area (Å²) in [7, 11) is 0. The van der Waals surface area contributed by atoms with Crippen LogP contribution in [0.3, 0.4) is 0 Å². The Balaban J connectivity index is 1.76. The van der Waals surface area contributed by atoms with Crippen molar-refractivity contribution in [1.29, 1.82) is 0 Å². The fourth-order valence-electron chi connectivity index (χ4n) is 2.77. The molecule has 2 unspecified atom stereocenters. The van der Waals surface area contributed by atoms with Gasteiger partial charge in [-0.25, -0.2) is 0 Å². The minimum absolute atomic E-state index is 0.110. The third kappa shape index (κ3) is 3.56. The largest absolute Gasteiger partial charge is 0.455 e. The van der Waals surface area contributed by atoms with E-state index in [9.17, 15) is 5.11 Å². The molecule has 0 heterocycles. The second kappa shape index (κ2) is 6.64. The molecule has 0 aliphatic heterocycles. The number of ether oxygens (including phenoxy) is 1. The molecule has 0 aromatic heterocycles. The van der Waals surface area contributed by atoms with Crippen LogP contribution in [0.4, 0.5) is 5.69 Å². The van der Waals surface area contributed by atoms with E-state index in [2.05, 4.69) is 5.32 Å². The van der Waals surface area contributed by atoms with Gasteiger partial charge in [0.1, 0.15) is 5.75 Å². The summed E-state index contributed by atoms with van der Waals surface area (Å²) in [6, 6.07) is 17.8. The molecule has 1 aliphatic rings. The molecule has 2 atom stereocenters. The van der Waals surface area contributed by atoms with E-state index in [1.807, 2.05) is 54.6 Å². The van der Waals surface area contributed by atoms with Crippen molar-refractivity contribution in [3.05, 3.63) is 54.6 Å². The number of hydrogen-bond donors (Lipinski definition) is 2. The van der Waals surface area contributed by atoms with E-state index >= 15 is 0 Å². The van der Waals surface area contributed by atoms with E-state index in [0.29, 0.717) is 0 Å². The van der Waals surface area contributed by atoms with E-state index in [-0.39, 0.29) is 12.1 Å². The van der Waals surface area contributed by atoms with Crippen molar-refractivity contribution >= 4 is 5.69 Å². The molecule has 0 amide bonds. The number of aliphatic hydroxyl groups excluding tert-OH is 1. The zero-order valence-corrected chi connectivity index (χ0v) is 12.0. The molecule has 2 aromatic carbocycles. The molecule has 110 valence electrons. The summed E-state index contributed by atoms with van der Waals surface area (Å²) in [5, 5.41) is 13.6. The summed E-state index contributed by atoms with van der Waals surface area (Å²) >= 11 is 0. The highest BCUT2D eigenvalue weighted by atomic mass is 16.5. The lowest BCUT2D eigenvalue weighted by molar-refractivity contribution is 0.116. The maximum absolute atomic E-state index is 10.1. The number of rotatable bonds is 4. The fourth-order valence-corrected chi connectivity index (χ4v) is 2.77. The third-order valence-corrected chi connectivity index (χ3v) is 3.93. The Morgan fingerprint density at radius 3 is 2.43 bits per heavy atom. The maximum atomic E-state index is 10.1. The average Bonchev–Trinajstić information content (AvgIpc) is 2.52. The topological polar surface area (TPSA) is 41.5 Å². The van der Waals surface area contributed by atoms with Crippen molar-refractivity contribution in [3.8, 4) is 11.5 Å². The number of aliphatic hydroxyl groups is 1. The van der Waals surface area contributed by atoms with E-state index in [1.54, 1.807) is 0 Å². The lowest BCUT2D eigenvalue weighted by Gasteiger charge is -2.29. The Hall–Kier alpha value is -2.00. The van der Waals surface area contributed by atoms with Crippen LogP contribution >= 0.6 is 0 Å². The summed E-state index contributed by atoms with van der Waals surface area (Å²) in [4.78, 5) is 0. The smallest absolute Gasteiger partial charge is 0.150 e. The summed E-state index contributed by atoms with van der Waals surface area (Å²) in [5.74, 6) is 1.61. The van der Waals surface area contributed by atoms with E-state index in [0.717, 1.165) is 42.9 Å². The van der Waals surface area contributed by atoms with Gasteiger partial charge in [-0.3, -0.25) is 0 Å². The van der Waals surface area contributed by atoms with Crippen molar-refractivity contribution in [2.75, 3.05) is 5.32 Å². The number of para-hydroxylation sites is 3. The number of benzene rings is 2. The number of hydrogen-bond acceptors (Lipinski definition) is 3. The van der Waals surface area contributed by atoms with Crippen molar-refractivity contribution in [2.24, 2.45) is 0 Å². The zero-order valence-electron chi connectivity index (χ0n) is 12.0. The summed E-state index contributed by atoms with van der Waals surface area (Å²) in [5.41, 5.74) is 0.937. The van der Waals surface area contributed by atoms with Gasteiger partial charge in [-0.2, -0.15) is 0 Å². The minimum atomic E-state index is -0.275. The van der Waals surface area contributed by atoms with E-state index in [4.69, 9.17) is 4.74 Å². The van der Waals surface area contributed by atoms with Gasteiger partial charge < -0.3 is 15.2 Å². The highest BCUT2D eigenvalue weighted by Gasteiger charge is 2.23. The minimum Gasteiger partial charge on any atom is -0.455 e. The predicted molar refractivity (Wildman–Crippen MR) is 84.8 cm³/mol. The van der Waals surface area contributed by atoms with Crippen molar-refractivity contribution in [3.63, 3.8) is 0 Å². The van der Waals surface area contributed by atoms with Gasteiger partial charge in [0.05, 0.1) is 17.8 Å². The van der Waals surface area contributed by atoms with Crippen LogP contribution in [0.15, 0.2) is 54.6 Å². The van der Waals surface area contributed by atoms with E-state index in [1.165, 1.54) is 0 Å². The Labute approximate surface area is 125 Å². The highest BCUT2D eigenvalue weighted by molar-refractivity contribution is 5.58. The molecule has 0 radical (unpaired) electrons. The highest BCUT2D eigenvalue weighted by Crippen LogP contribution is 2.31. The molecule has 1 aliphatic carbocycles. The predicted octanol–water partition coefficient (Wildman–Crippen LogP) is 4.19. The lowest BCUT2D eigenvalue weighted by Crippen LogP contribution is -2.36. The SMILES string of the molecule is OC1CCCCC1Nc1ccccc1Oc1ccccc1. The van der Waals surface area contributed by atoms with Crippen molar-refractivity contribution in [1.82, 2.24) is 0 Å². The van der Waals surface area contributed by atoms with Gasteiger partial charge in [-0.05, 0) is 37.1 Å². The van der Waals surface area contributed by atoms with Gasteiger partial charge in [0.2, 0.25) is 0 Å². The maximum Gasteiger partial charge on any atom is 0.150 e. The molecular weight excluding hydrogens is 262 g/mol. The van der Waals surface area contributed by atoms with Crippen LogP contribution < -0.4 is 10.1 Å². The number of anilines is 1. The second-order valence-electron chi connectivity index (χ2n) is 5.51. The van der Waals surface area contributed by atoms with Gasteiger partial charge in [0.25, 0.3) is 0 Å². The molecule has 3 rings (SSSR count). The van der Waals surface area contributed by atoms with Crippen LogP contribution in [0.5, 0.6) is 11.5 Å².